The number of ether oxygens (including phenoxy) is 2. The van der Waals surface area contributed by atoms with Gasteiger partial charge >= 0.3 is 11.9 Å². The van der Waals surface area contributed by atoms with E-state index in [9.17, 15) is 23.4 Å². The Hall–Kier alpha value is -2.16. The lowest BCUT2D eigenvalue weighted by atomic mass is 10.2. The average molecular weight is 379 g/mol. The second kappa shape index (κ2) is 8.80. The first-order valence-corrected chi connectivity index (χ1v) is 9.09. The molecular formula is C14H19FNO8P. The maximum Gasteiger partial charge on any atom is 0.341 e. The molecule has 1 aromatic carbocycles. The van der Waals surface area contributed by atoms with Gasteiger partial charge in [-0.15, -0.1) is 0 Å². The summed E-state index contributed by atoms with van der Waals surface area (Å²) in [5, 5.41) is 17.2. The Bertz CT molecular complexity index is 696. The zero-order chi connectivity index (χ0) is 19.2. The molecule has 0 spiro atoms. The van der Waals surface area contributed by atoms with E-state index in [0.717, 1.165) is 6.07 Å². The van der Waals surface area contributed by atoms with E-state index >= 15 is 0 Å². The quantitative estimate of drug-likeness (QED) is 0.433. The molecule has 0 saturated carbocycles. The standard InChI is InChI=1S/C14H19FNO8P/c1-23-11-5-8(4-9(15)13(11)24-6-12(17)18)7-25(21,22)3-2-10(16)14(19)20/h4-5,10H,2-3,6-7,16H2,1H3,(H,17,18)(H,19,20)(H,21,22). The van der Waals surface area contributed by atoms with Gasteiger partial charge in [0.25, 0.3) is 0 Å². The summed E-state index contributed by atoms with van der Waals surface area (Å²) >= 11 is 0. The van der Waals surface area contributed by atoms with Crippen LogP contribution in [-0.4, -0.2) is 53.0 Å². The van der Waals surface area contributed by atoms with Crippen LogP contribution in [0.4, 0.5) is 4.39 Å². The highest BCUT2D eigenvalue weighted by molar-refractivity contribution is 7.57. The molecule has 0 aliphatic heterocycles. The SMILES string of the molecule is COc1cc(CP(=O)(O)CCC(N)C(=O)O)cc(F)c1OCC(=O)O. The third-order valence-corrected chi connectivity index (χ3v) is 4.98. The lowest BCUT2D eigenvalue weighted by molar-refractivity contribution is -0.140. The monoisotopic (exact) mass is 379 g/mol. The third-order valence-electron chi connectivity index (χ3n) is 3.17. The van der Waals surface area contributed by atoms with Crippen LogP contribution in [0.15, 0.2) is 12.1 Å². The van der Waals surface area contributed by atoms with Gasteiger partial charge in [-0.3, -0.25) is 9.36 Å². The number of carboxylic acid groups (broad SMARTS) is 2. The largest absolute Gasteiger partial charge is 0.493 e. The number of hydrogen-bond acceptors (Lipinski definition) is 6. The Labute approximate surface area is 142 Å². The lowest BCUT2D eigenvalue weighted by Crippen LogP contribution is -2.30. The first-order chi connectivity index (χ1) is 11.6. The van der Waals surface area contributed by atoms with Gasteiger partial charge in [0.05, 0.1) is 7.11 Å². The highest BCUT2D eigenvalue weighted by Gasteiger charge is 2.24. The van der Waals surface area contributed by atoms with Crippen molar-refractivity contribution in [3.8, 4) is 11.5 Å². The van der Waals surface area contributed by atoms with Crippen molar-refractivity contribution in [2.24, 2.45) is 5.73 Å². The van der Waals surface area contributed by atoms with Gasteiger partial charge in [0, 0.05) is 12.3 Å². The molecule has 0 heterocycles. The summed E-state index contributed by atoms with van der Waals surface area (Å²) in [6.07, 6.45) is -0.976. The fraction of sp³-hybridized carbons (Fsp3) is 0.429. The zero-order valence-electron chi connectivity index (χ0n) is 13.3. The summed E-state index contributed by atoms with van der Waals surface area (Å²) in [7, 11) is -2.60. The van der Waals surface area contributed by atoms with Crippen LogP contribution >= 0.6 is 7.37 Å². The van der Waals surface area contributed by atoms with Gasteiger partial charge in [0.2, 0.25) is 7.37 Å². The average Bonchev–Trinajstić information content (AvgIpc) is 2.50. The minimum Gasteiger partial charge on any atom is -0.493 e. The molecule has 11 heteroatoms. The van der Waals surface area contributed by atoms with Crippen molar-refractivity contribution in [1.29, 1.82) is 0 Å². The van der Waals surface area contributed by atoms with Gasteiger partial charge in [-0.2, -0.15) is 0 Å². The molecule has 2 atom stereocenters. The topological polar surface area (TPSA) is 156 Å². The Morgan fingerprint density at radius 3 is 2.52 bits per heavy atom. The van der Waals surface area contributed by atoms with Gasteiger partial charge in [-0.1, -0.05) is 0 Å². The molecule has 1 aromatic rings. The molecule has 25 heavy (non-hydrogen) atoms. The normalized spacial score (nSPS) is 14.4. The van der Waals surface area contributed by atoms with E-state index in [-0.39, 0.29) is 23.9 Å². The molecule has 9 nitrogen and oxygen atoms in total. The molecule has 0 aliphatic rings. The number of carbonyl (C=O) groups is 2. The second-order valence-electron chi connectivity index (χ2n) is 5.25. The maximum atomic E-state index is 14.1. The number of halogens is 1. The predicted molar refractivity (Wildman–Crippen MR) is 84.7 cm³/mol. The maximum absolute atomic E-state index is 14.1. The number of carboxylic acids is 2. The van der Waals surface area contributed by atoms with Crippen LogP contribution in [0.2, 0.25) is 0 Å². The van der Waals surface area contributed by atoms with Gasteiger partial charge < -0.3 is 30.3 Å². The molecule has 0 aromatic heterocycles. The van der Waals surface area contributed by atoms with Crippen molar-refractivity contribution in [1.82, 2.24) is 0 Å². The van der Waals surface area contributed by atoms with Crippen molar-refractivity contribution >= 4 is 19.3 Å². The first-order valence-electron chi connectivity index (χ1n) is 7.06. The summed E-state index contributed by atoms with van der Waals surface area (Å²) in [6.45, 7) is -0.780. The van der Waals surface area contributed by atoms with Gasteiger partial charge in [0.15, 0.2) is 23.9 Å². The fourth-order valence-corrected chi connectivity index (χ4v) is 3.56. The molecular weight excluding hydrogens is 360 g/mol. The van der Waals surface area contributed by atoms with E-state index in [2.05, 4.69) is 0 Å². The Balaban J connectivity index is 2.91. The molecule has 0 aliphatic carbocycles. The predicted octanol–water partition coefficient (Wildman–Crippen LogP) is 0.870. The van der Waals surface area contributed by atoms with Crippen molar-refractivity contribution in [3.63, 3.8) is 0 Å². The molecule has 0 fully saturated rings. The van der Waals surface area contributed by atoms with Gasteiger partial charge in [-0.25, -0.2) is 9.18 Å². The van der Waals surface area contributed by atoms with Crippen LogP contribution in [-0.2, 0) is 20.3 Å². The number of methoxy groups -OCH3 is 1. The summed E-state index contributed by atoms with van der Waals surface area (Å²) < 4.78 is 35.9. The van der Waals surface area contributed by atoms with E-state index in [4.69, 9.17) is 25.4 Å². The summed E-state index contributed by atoms with van der Waals surface area (Å²) in [5.41, 5.74) is 5.41. The molecule has 0 radical (unpaired) electrons. The van der Waals surface area contributed by atoms with E-state index in [0.29, 0.717) is 0 Å². The van der Waals surface area contributed by atoms with Crippen LogP contribution in [0, 0.1) is 5.82 Å². The lowest BCUT2D eigenvalue weighted by Gasteiger charge is -2.16. The summed E-state index contributed by atoms with van der Waals surface area (Å²) in [4.78, 5) is 31.1. The van der Waals surface area contributed by atoms with Crippen LogP contribution < -0.4 is 15.2 Å². The zero-order valence-corrected chi connectivity index (χ0v) is 14.2. The Kier molecular flexibility index (Phi) is 7.35. The fourth-order valence-electron chi connectivity index (χ4n) is 1.97. The number of rotatable bonds is 10. The van der Waals surface area contributed by atoms with Crippen LogP contribution in [0.1, 0.15) is 12.0 Å². The second-order valence-corrected chi connectivity index (χ2v) is 7.71. The summed E-state index contributed by atoms with van der Waals surface area (Å²) in [6, 6.07) is 0.915. The van der Waals surface area contributed by atoms with Crippen LogP contribution in [0.3, 0.4) is 0 Å². The van der Waals surface area contributed by atoms with E-state index in [1.54, 1.807) is 0 Å². The Morgan fingerprint density at radius 2 is 2.00 bits per heavy atom. The highest BCUT2D eigenvalue weighted by Crippen LogP contribution is 2.46. The molecule has 0 amide bonds. The molecule has 0 bridgehead atoms. The summed E-state index contributed by atoms with van der Waals surface area (Å²) in [5.74, 6) is -4.08. The molecule has 140 valence electrons. The minimum absolute atomic E-state index is 0.117. The van der Waals surface area contributed by atoms with E-state index in [1.165, 1.54) is 13.2 Å². The van der Waals surface area contributed by atoms with Gasteiger partial charge in [-0.05, 0) is 24.1 Å². The minimum atomic E-state index is -3.80. The van der Waals surface area contributed by atoms with E-state index < -0.39 is 49.7 Å². The highest BCUT2D eigenvalue weighted by atomic mass is 31.2. The van der Waals surface area contributed by atoms with Crippen molar-refractivity contribution in [2.75, 3.05) is 19.9 Å². The molecule has 5 N–H and O–H groups in total. The number of aliphatic carboxylic acids is 2. The Morgan fingerprint density at radius 1 is 1.36 bits per heavy atom. The van der Waals surface area contributed by atoms with Crippen LogP contribution in [0.5, 0.6) is 11.5 Å². The number of nitrogens with two attached hydrogens (primary N) is 1. The van der Waals surface area contributed by atoms with Crippen molar-refractivity contribution in [2.45, 2.75) is 18.6 Å². The molecule has 0 saturated heterocycles. The smallest absolute Gasteiger partial charge is 0.341 e. The van der Waals surface area contributed by atoms with Gasteiger partial charge in [0.1, 0.15) is 6.04 Å². The van der Waals surface area contributed by atoms with Crippen LogP contribution in [0.25, 0.3) is 0 Å². The molecule has 2 unspecified atom stereocenters. The number of hydrogen-bond donors (Lipinski definition) is 4. The van der Waals surface area contributed by atoms with E-state index in [1.807, 2.05) is 0 Å². The molecule has 1 rings (SSSR count). The van der Waals surface area contributed by atoms with Crippen molar-refractivity contribution in [3.05, 3.63) is 23.5 Å². The van der Waals surface area contributed by atoms with Crippen molar-refractivity contribution < 1.29 is 43.1 Å². The number of benzene rings is 1. The third kappa shape index (κ3) is 6.69. The first kappa shape index (κ1) is 20.9.